The van der Waals surface area contributed by atoms with Crippen LogP contribution in [0.2, 0.25) is 0 Å². The number of nitrogens with one attached hydrogen (secondary N) is 1. The summed E-state index contributed by atoms with van der Waals surface area (Å²) < 4.78 is 0. The lowest BCUT2D eigenvalue weighted by molar-refractivity contribution is -0.132. The van der Waals surface area contributed by atoms with Crippen LogP contribution in [-0.2, 0) is 4.79 Å². The average Bonchev–Trinajstić information content (AvgIpc) is 3.30. The van der Waals surface area contributed by atoms with E-state index in [-0.39, 0.29) is 5.91 Å². The Morgan fingerprint density at radius 3 is 2.88 bits per heavy atom. The zero-order chi connectivity index (χ0) is 17.4. The molecule has 3 aliphatic rings. The second-order valence-electron chi connectivity index (χ2n) is 7.95. The van der Waals surface area contributed by atoms with Crippen molar-refractivity contribution in [2.45, 2.75) is 64.0 Å². The molecule has 2 amide bonds. The highest BCUT2D eigenvalue weighted by Crippen LogP contribution is 2.47. The van der Waals surface area contributed by atoms with E-state index in [0.29, 0.717) is 53.7 Å². The highest BCUT2D eigenvalue weighted by Gasteiger charge is 2.52. The molecule has 136 valence electrons. The molecule has 0 aromatic carbocycles. The molecule has 0 unspecified atom stereocenters. The summed E-state index contributed by atoms with van der Waals surface area (Å²) in [6.07, 6.45) is 9.60. The summed E-state index contributed by atoms with van der Waals surface area (Å²) in [5.74, 6) is 1.61. The summed E-state index contributed by atoms with van der Waals surface area (Å²) in [5.41, 5.74) is 0. The van der Waals surface area contributed by atoms with E-state index in [9.17, 15) is 9.59 Å². The van der Waals surface area contributed by atoms with E-state index in [4.69, 9.17) is 0 Å². The standard InChI is InChI=1S/C19H27N3O2S/c1-12-9-16-14(10-17(23)22(16)13-5-3-2-4-6-13)15(12)11-21-18(24)19-20-7-8-25-19/h7-8,12-16H,2-6,9-11H2,1H3,(H,21,24)/t12-,14-,15+,16+/m0/s1. The minimum Gasteiger partial charge on any atom is -0.350 e. The van der Waals surface area contributed by atoms with Crippen molar-refractivity contribution < 1.29 is 9.59 Å². The third-order valence-corrected chi connectivity index (χ3v) is 7.31. The summed E-state index contributed by atoms with van der Waals surface area (Å²) >= 11 is 1.37. The van der Waals surface area contributed by atoms with Gasteiger partial charge in [0.15, 0.2) is 5.01 Å². The molecule has 5 nitrogen and oxygen atoms in total. The molecule has 1 saturated heterocycles. The average molecular weight is 362 g/mol. The van der Waals surface area contributed by atoms with Crippen LogP contribution in [-0.4, -0.2) is 40.3 Å². The van der Waals surface area contributed by atoms with Gasteiger partial charge in [0.2, 0.25) is 5.91 Å². The topological polar surface area (TPSA) is 62.3 Å². The highest BCUT2D eigenvalue weighted by atomic mass is 32.1. The van der Waals surface area contributed by atoms with E-state index in [1.165, 1.54) is 43.4 Å². The number of thiazole rings is 1. The zero-order valence-electron chi connectivity index (χ0n) is 14.8. The number of aromatic nitrogens is 1. The van der Waals surface area contributed by atoms with Crippen LogP contribution in [0, 0.1) is 17.8 Å². The predicted molar refractivity (Wildman–Crippen MR) is 97.3 cm³/mol. The van der Waals surface area contributed by atoms with Gasteiger partial charge in [0, 0.05) is 36.6 Å². The van der Waals surface area contributed by atoms with Crippen LogP contribution in [0.3, 0.4) is 0 Å². The van der Waals surface area contributed by atoms with Gasteiger partial charge in [-0.25, -0.2) is 4.98 Å². The Balaban J connectivity index is 1.41. The maximum atomic E-state index is 12.7. The van der Waals surface area contributed by atoms with Gasteiger partial charge in [0.1, 0.15) is 0 Å². The van der Waals surface area contributed by atoms with Crippen molar-refractivity contribution in [1.29, 1.82) is 0 Å². The summed E-state index contributed by atoms with van der Waals surface area (Å²) in [7, 11) is 0. The Morgan fingerprint density at radius 1 is 1.36 bits per heavy atom. The van der Waals surface area contributed by atoms with E-state index in [2.05, 4.69) is 22.1 Å². The second-order valence-corrected chi connectivity index (χ2v) is 8.85. The number of hydrogen-bond acceptors (Lipinski definition) is 4. The molecule has 2 heterocycles. The van der Waals surface area contributed by atoms with Crippen LogP contribution in [0.15, 0.2) is 11.6 Å². The lowest BCUT2D eigenvalue weighted by Crippen LogP contribution is -2.43. The van der Waals surface area contributed by atoms with Gasteiger partial charge in [-0.1, -0.05) is 26.2 Å². The Hall–Kier alpha value is -1.43. The number of fused-ring (bicyclic) bond motifs is 1. The summed E-state index contributed by atoms with van der Waals surface area (Å²) in [6.45, 7) is 2.94. The van der Waals surface area contributed by atoms with Gasteiger partial charge in [-0.2, -0.15) is 0 Å². The maximum Gasteiger partial charge on any atom is 0.280 e. The Morgan fingerprint density at radius 2 is 2.16 bits per heavy atom. The number of amides is 2. The number of likely N-dealkylation sites (tertiary alicyclic amines) is 1. The Bertz CT molecular complexity index is 627. The minimum absolute atomic E-state index is 0.0842. The number of rotatable bonds is 4. The first kappa shape index (κ1) is 17.0. The molecule has 1 aliphatic heterocycles. The largest absolute Gasteiger partial charge is 0.350 e. The molecule has 25 heavy (non-hydrogen) atoms. The van der Waals surface area contributed by atoms with Crippen molar-refractivity contribution >= 4 is 23.2 Å². The number of nitrogens with zero attached hydrogens (tertiary/aromatic N) is 2. The molecule has 1 N–H and O–H groups in total. The number of carbonyl (C=O) groups excluding carboxylic acids is 2. The summed E-state index contributed by atoms with van der Waals surface area (Å²) in [4.78, 5) is 31.2. The third-order valence-electron chi connectivity index (χ3n) is 6.54. The third kappa shape index (κ3) is 3.21. The van der Waals surface area contributed by atoms with Gasteiger partial charge in [-0.3, -0.25) is 9.59 Å². The minimum atomic E-state index is -0.0842. The van der Waals surface area contributed by atoms with Crippen LogP contribution in [0.4, 0.5) is 0 Å². The van der Waals surface area contributed by atoms with Gasteiger partial charge in [0.25, 0.3) is 5.91 Å². The first-order chi connectivity index (χ1) is 12.1. The van der Waals surface area contributed by atoms with E-state index in [1.807, 2.05) is 5.38 Å². The molecule has 6 heteroatoms. The van der Waals surface area contributed by atoms with Crippen molar-refractivity contribution in [2.75, 3.05) is 6.54 Å². The fraction of sp³-hybridized carbons (Fsp3) is 0.737. The SMILES string of the molecule is C[C@H]1C[C@@H]2[C@@H](CC(=O)N2C2CCCCC2)[C@@H]1CNC(=O)c1nccs1. The molecular formula is C19H27N3O2S. The van der Waals surface area contributed by atoms with Crippen LogP contribution in [0.1, 0.15) is 61.7 Å². The number of hydrogen-bond donors (Lipinski definition) is 1. The highest BCUT2D eigenvalue weighted by molar-refractivity contribution is 7.11. The lowest BCUT2D eigenvalue weighted by atomic mass is 9.88. The van der Waals surface area contributed by atoms with Crippen molar-refractivity contribution in [2.24, 2.45) is 17.8 Å². The summed E-state index contributed by atoms with van der Waals surface area (Å²) in [5, 5.41) is 5.40. The van der Waals surface area contributed by atoms with E-state index in [0.717, 1.165) is 6.42 Å². The van der Waals surface area contributed by atoms with Gasteiger partial charge in [-0.05, 0) is 37.0 Å². The fourth-order valence-electron chi connectivity index (χ4n) is 5.35. The van der Waals surface area contributed by atoms with Crippen molar-refractivity contribution in [1.82, 2.24) is 15.2 Å². The molecule has 2 saturated carbocycles. The van der Waals surface area contributed by atoms with Crippen LogP contribution in [0.25, 0.3) is 0 Å². The summed E-state index contributed by atoms with van der Waals surface area (Å²) in [6, 6.07) is 0.861. The van der Waals surface area contributed by atoms with Crippen molar-refractivity contribution in [3.8, 4) is 0 Å². The lowest BCUT2D eigenvalue weighted by Gasteiger charge is -2.35. The smallest absolute Gasteiger partial charge is 0.280 e. The molecule has 4 atom stereocenters. The maximum absolute atomic E-state index is 12.7. The van der Waals surface area contributed by atoms with Crippen LogP contribution >= 0.6 is 11.3 Å². The molecule has 3 fully saturated rings. The first-order valence-electron chi connectivity index (χ1n) is 9.64. The molecule has 4 rings (SSSR count). The molecule has 1 aromatic rings. The monoisotopic (exact) mass is 361 g/mol. The predicted octanol–water partition coefficient (Wildman–Crippen LogP) is 3.08. The molecule has 0 radical (unpaired) electrons. The van der Waals surface area contributed by atoms with Crippen molar-refractivity contribution in [3.05, 3.63) is 16.6 Å². The van der Waals surface area contributed by atoms with E-state index < -0.39 is 0 Å². The van der Waals surface area contributed by atoms with Gasteiger partial charge in [0.05, 0.1) is 0 Å². The Labute approximate surface area is 153 Å². The van der Waals surface area contributed by atoms with Gasteiger partial charge >= 0.3 is 0 Å². The molecule has 0 spiro atoms. The van der Waals surface area contributed by atoms with Crippen LogP contribution < -0.4 is 5.32 Å². The van der Waals surface area contributed by atoms with Crippen LogP contribution in [0.5, 0.6) is 0 Å². The molecule has 1 aromatic heterocycles. The van der Waals surface area contributed by atoms with E-state index in [1.54, 1.807) is 6.20 Å². The number of carbonyl (C=O) groups is 2. The quantitative estimate of drug-likeness (QED) is 0.896. The van der Waals surface area contributed by atoms with Gasteiger partial charge < -0.3 is 10.2 Å². The molecule has 0 bridgehead atoms. The first-order valence-corrected chi connectivity index (χ1v) is 10.5. The zero-order valence-corrected chi connectivity index (χ0v) is 15.6. The van der Waals surface area contributed by atoms with Crippen molar-refractivity contribution in [3.63, 3.8) is 0 Å². The van der Waals surface area contributed by atoms with E-state index >= 15 is 0 Å². The molecule has 2 aliphatic carbocycles. The second kappa shape index (κ2) is 7.06. The molecular weight excluding hydrogens is 334 g/mol. The Kier molecular flexibility index (Phi) is 4.80. The fourth-order valence-corrected chi connectivity index (χ4v) is 5.90. The normalized spacial score (nSPS) is 32.8. The van der Waals surface area contributed by atoms with Gasteiger partial charge in [-0.15, -0.1) is 11.3 Å².